The molecule has 1 aliphatic rings. The van der Waals surface area contributed by atoms with E-state index in [9.17, 15) is 4.79 Å². The molecule has 1 atom stereocenters. The number of anilines is 1. The molecule has 1 aromatic heterocycles. The summed E-state index contributed by atoms with van der Waals surface area (Å²) in [5, 5.41) is 2.24. The molecule has 6 heteroatoms. The average molecular weight is 284 g/mol. The van der Waals surface area contributed by atoms with Crippen LogP contribution in [0.1, 0.15) is 12.5 Å². The predicted molar refractivity (Wildman–Crippen MR) is 74.4 cm³/mol. The Morgan fingerprint density at radius 2 is 2.26 bits per heavy atom. The predicted octanol–water partition coefficient (Wildman–Crippen LogP) is 1.16. The van der Waals surface area contributed by atoms with Crippen molar-refractivity contribution in [1.29, 1.82) is 0 Å². The Labute approximate surface area is 117 Å². The van der Waals surface area contributed by atoms with Crippen LogP contribution in [0.4, 0.5) is 5.82 Å². The Bertz CT molecular complexity index is 416. The van der Waals surface area contributed by atoms with E-state index in [1.54, 1.807) is 13.1 Å². The van der Waals surface area contributed by atoms with Crippen molar-refractivity contribution in [3.63, 3.8) is 0 Å². The van der Waals surface area contributed by atoms with E-state index in [1.807, 2.05) is 12.1 Å². The minimum Gasteiger partial charge on any atom is -0.378 e. The number of aromatic nitrogens is 1. The van der Waals surface area contributed by atoms with Gasteiger partial charge in [0, 0.05) is 25.8 Å². The number of alkyl halides is 1. The minimum atomic E-state index is -0.513. The molecule has 0 bridgehead atoms. The zero-order valence-corrected chi connectivity index (χ0v) is 11.7. The molecule has 0 aliphatic carbocycles. The first-order valence-electron chi connectivity index (χ1n) is 6.36. The van der Waals surface area contributed by atoms with Crippen LogP contribution < -0.4 is 10.2 Å². The van der Waals surface area contributed by atoms with Crippen LogP contribution >= 0.6 is 11.6 Å². The van der Waals surface area contributed by atoms with E-state index in [0.717, 1.165) is 37.7 Å². The first-order chi connectivity index (χ1) is 9.16. The van der Waals surface area contributed by atoms with Gasteiger partial charge in [-0.2, -0.15) is 0 Å². The molecular weight excluding hydrogens is 266 g/mol. The molecule has 1 amide bonds. The number of ether oxygens (including phenoxy) is 1. The van der Waals surface area contributed by atoms with Gasteiger partial charge in [-0.1, -0.05) is 6.07 Å². The summed E-state index contributed by atoms with van der Waals surface area (Å²) in [4.78, 5) is 17.9. The van der Waals surface area contributed by atoms with Gasteiger partial charge in [0.05, 0.1) is 13.2 Å². The lowest BCUT2D eigenvalue weighted by Crippen LogP contribution is -2.36. The second kappa shape index (κ2) is 6.73. The summed E-state index contributed by atoms with van der Waals surface area (Å²) in [5.74, 6) is 0.781. The second-order valence-electron chi connectivity index (χ2n) is 4.46. The Hall–Kier alpha value is -1.33. The van der Waals surface area contributed by atoms with Crippen LogP contribution in [0, 0.1) is 0 Å². The zero-order valence-electron chi connectivity index (χ0n) is 10.9. The molecule has 1 aliphatic heterocycles. The summed E-state index contributed by atoms with van der Waals surface area (Å²) in [5.41, 5.74) is 0.961. The lowest BCUT2D eigenvalue weighted by molar-refractivity contribution is -0.120. The fraction of sp³-hybridized carbons (Fsp3) is 0.538. The summed E-state index contributed by atoms with van der Waals surface area (Å²) < 4.78 is 5.30. The SMILES string of the molecule is CC(Cl)C(=O)NCc1ccc(N2CCOCC2)nc1. The standard InChI is InChI=1S/C13H18ClN3O2/c1-10(14)13(18)16-9-11-2-3-12(15-8-11)17-4-6-19-7-5-17/h2-3,8,10H,4-7,9H2,1H3,(H,16,18). The van der Waals surface area contributed by atoms with Gasteiger partial charge in [-0.25, -0.2) is 4.98 Å². The van der Waals surface area contributed by atoms with Crippen LogP contribution in [0.2, 0.25) is 0 Å². The third kappa shape index (κ3) is 4.08. The summed E-state index contributed by atoms with van der Waals surface area (Å²) in [6.07, 6.45) is 1.78. The normalized spacial score (nSPS) is 17.1. The van der Waals surface area contributed by atoms with E-state index in [4.69, 9.17) is 16.3 Å². The molecule has 104 valence electrons. The lowest BCUT2D eigenvalue weighted by Gasteiger charge is -2.27. The van der Waals surface area contributed by atoms with Crippen LogP contribution in [-0.4, -0.2) is 42.6 Å². The van der Waals surface area contributed by atoms with Gasteiger partial charge in [0.2, 0.25) is 5.91 Å². The van der Waals surface area contributed by atoms with Gasteiger partial charge in [0.15, 0.2) is 0 Å². The van der Waals surface area contributed by atoms with E-state index in [-0.39, 0.29) is 5.91 Å². The van der Waals surface area contributed by atoms with Crippen molar-refractivity contribution in [2.45, 2.75) is 18.8 Å². The van der Waals surface area contributed by atoms with Gasteiger partial charge in [0.25, 0.3) is 0 Å². The highest BCUT2D eigenvalue weighted by Gasteiger charge is 2.12. The van der Waals surface area contributed by atoms with Crippen LogP contribution in [0.25, 0.3) is 0 Å². The van der Waals surface area contributed by atoms with Crippen molar-refractivity contribution in [2.24, 2.45) is 0 Å². The number of amides is 1. The van der Waals surface area contributed by atoms with Gasteiger partial charge in [-0.3, -0.25) is 4.79 Å². The molecule has 5 nitrogen and oxygen atoms in total. The number of nitrogens with zero attached hydrogens (tertiary/aromatic N) is 2. The van der Waals surface area contributed by atoms with Crippen molar-refractivity contribution in [3.05, 3.63) is 23.9 Å². The maximum atomic E-state index is 11.3. The van der Waals surface area contributed by atoms with Gasteiger partial charge < -0.3 is 15.0 Å². The number of nitrogens with one attached hydrogen (secondary N) is 1. The van der Waals surface area contributed by atoms with Gasteiger partial charge >= 0.3 is 0 Å². The molecule has 1 unspecified atom stereocenters. The highest BCUT2D eigenvalue weighted by molar-refractivity contribution is 6.30. The summed E-state index contributed by atoms with van der Waals surface area (Å²) in [6.45, 7) is 5.32. The van der Waals surface area contributed by atoms with E-state index < -0.39 is 5.38 Å². The average Bonchev–Trinajstić information content (AvgIpc) is 2.46. The highest BCUT2D eigenvalue weighted by Crippen LogP contribution is 2.12. The molecule has 19 heavy (non-hydrogen) atoms. The van der Waals surface area contributed by atoms with Gasteiger partial charge in [-0.05, 0) is 18.6 Å². The molecule has 1 aromatic rings. The van der Waals surface area contributed by atoms with Crippen molar-refractivity contribution in [1.82, 2.24) is 10.3 Å². The number of carbonyl (C=O) groups is 1. The molecule has 0 spiro atoms. The zero-order chi connectivity index (χ0) is 13.7. The lowest BCUT2D eigenvalue weighted by atomic mass is 10.2. The number of rotatable bonds is 4. The third-order valence-corrected chi connectivity index (χ3v) is 3.17. The van der Waals surface area contributed by atoms with Crippen LogP contribution in [-0.2, 0) is 16.1 Å². The number of hydrogen-bond donors (Lipinski definition) is 1. The Balaban J connectivity index is 1.89. The van der Waals surface area contributed by atoms with Crippen LogP contribution in [0.3, 0.4) is 0 Å². The second-order valence-corrected chi connectivity index (χ2v) is 5.11. The van der Waals surface area contributed by atoms with Gasteiger partial charge in [0.1, 0.15) is 11.2 Å². The smallest absolute Gasteiger partial charge is 0.238 e. The highest BCUT2D eigenvalue weighted by atomic mass is 35.5. The van der Waals surface area contributed by atoms with E-state index >= 15 is 0 Å². The van der Waals surface area contributed by atoms with Crippen molar-refractivity contribution in [2.75, 3.05) is 31.2 Å². The minimum absolute atomic E-state index is 0.168. The molecule has 2 heterocycles. The van der Waals surface area contributed by atoms with Crippen LogP contribution in [0.5, 0.6) is 0 Å². The Morgan fingerprint density at radius 1 is 1.53 bits per heavy atom. The monoisotopic (exact) mass is 283 g/mol. The number of halogens is 1. The number of pyridine rings is 1. The van der Waals surface area contributed by atoms with Crippen LogP contribution in [0.15, 0.2) is 18.3 Å². The fourth-order valence-corrected chi connectivity index (χ4v) is 1.91. The molecule has 1 saturated heterocycles. The third-order valence-electron chi connectivity index (χ3n) is 2.97. The largest absolute Gasteiger partial charge is 0.378 e. The molecule has 0 saturated carbocycles. The quantitative estimate of drug-likeness (QED) is 0.843. The number of carbonyl (C=O) groups excluding carboxylic acids is 1. The molecule has 0 radical (unpaired) electrons. The summed E-state index contributed by atoms with van der Waals surface area (Å²) in [6, 6.07) is 3.94. The number of morpholine rings is 1. The summed E-state index contributed by atoms with van der Waals surface area (Å²) in [7, 11) is 0. The molecular formula is C13H18ClN3O2. The first kappa shape index (κ1) is 14.1. The first-order valence-corrected chi connectivity index (χ1v) is 6.80. The van der Waals surface area contributed by atoms with E-state index in [1.165, 1.54) is 0 Å². The maximum Gasteiger partial charge on any atom is 0.238 e. The van der Waals surface area contributed by atoms with E-state index in [0.29, 0.717) is 6.54 Å². The van der Waals surface area contributed by atoms with Crippen molar-refractivity contribution in [3.8, 4) is 0 Å². The molecule has 0 aromatic carbocycles. The maximum absolute atomic E-state index is 11.3. The fourth-order valence-electron chi connectivity index (χ4n) is 1.83. The van der Waals surface area contributed by atoms with Crippen molar-refractivity contribution < 1.29 is 9.53 Å². The van der Waals surface area contributed by atoms with Gasteiger partial charge in [-0.15, -0.1) is 11.6 Å². The molecule has 1 fully saturated rings. The topological polar surface area (TPSA) is 54.5 Å². The summed E-state index contributed by atoms with van der Waals surface area (Å²) >= 11 is 5.68. The molecule has 1 N–H and O–H groups in total. The number of hydrogen-bond acceptors (Lipinski definition) is 4. The molecule has 2 rings (SSSR count). The van der Waals surface area contributed by atoms with E-state index in [2.05, 4.69) is 15.2 Å². The Kier molecular flexibility index (Phi) is 4.99. The van der Waals surface area contributed by atoms with Crippen molar-refractivity contribution >= 4 is 23.3 Å². The Morgan fingerprint density at radius 3 is 2.84 bits per heavy atom.